The van der Waals surface area contributed by atoms with Crippen molar-refractivity contribution in [2.24, 2.45) is 5.92 Å². The van der Waals surface area contributed by atoms with Crippen LogP contribution >= 0.6 is 0 Å². The molecule has 0 spiro atoms. The molecule has 0 aromatic rings. The average Bonchev–Trinajstić information content (AvgIpc) is 2.71. The fraction of sp³-hybridized carbons (Fsp3) is 0.679. The normalized spacial score (nSPS) is 16.8. The summed E-state index contributed by atoms with van der Waals surface area (Å²) < 4.78 is 0. The van der Waals surface area contributed by atoms with Gasteiger partial charge in [0.1, 0.15) is 0 Å². The molecule has 0 aromatic carbocycles. The maximum absolute atomic E-state index is 13.0. The van der Waals surface area contributed by atoms with E-state index < -0.39 is 0 Å². The van der Waals surface area contributed by atoms with Gasteiger partial charge in [-0.3, -0.25) is 4.79 Å². The second-order valence-corrected chi connectivity index (χ2v) is 9.72. The zero-order chi connectivity index (χ0) is 23.2. The van der Waals surface area contributed by atoms with E-state index in [9.17, 15) is 4.79 Å². The van der Waals surface area contributed by atoms with Gasteiger partial charge in [0.05, 0.1) is 0 Å². The first-order valence-electron chi connectivity index (χ1n) is 12.3. The maximum atomic E-state index is 13.0. The van der Waals surface area contributed by atoms with Gasteiger partial charge < -0.3 is 9.80 Å². The lowest BCUT2D eigenvalue weighted by Gasteiger charge is -2.34. The van der Waals surface area contributed by atoms with E-state index in [2.05, 4.69) is 82.6 Å². The van der Waals surface area contributed by atoms with Gasteiger partial charge in [-0.05, 0) is 86.1 Å². The minimum Gasteiger partial charge on any atom is -0.340 e. The Morgan fingerprint density at radius 1 is 0.806 bits per heavy atom. The molecule has 0 saturated carbocycles. The van der Waals surface area contributed by atoms with Crippen molar-refractivity contribution in [3.8, 4) is 0 Å². The molecule has 1 aliphatic rings. The number of carbonyl (C=O) groups is 1. The standard InChI is InChI=1S/C28H48N2O/c1-8-29-17-19-30(20-18-29)28(31)22-27(21-26(7)14-10-12-24(4)5)16-15-25(6)13-9-11-23(2)3/h11-12,15,21,27H,8-10,13-14,16-20,22H2,1-7H3/b25-15+,26-21+. The zero-order valence-corrected chi connectivity index (χ0v) is 21.5. The van der Waals surface area contributed by atoms with E-state index in [0.717, 1.165) is 64.8 Å². The van der Waals surface area contributed by atoms with Crippen LogP contribution in [0.1, 0.15) is 87.0 Å². The average molecular weight is 429 g/mol. The predicted molar refractivity (Wildman–Crippen MR) is 136 cm³/mol. The molecule has 3 heteroatoms. The summed E-state index contributed by atoms with van der Waals surface area (Å²) in [5, 5.41) is 0. The molecule has 1 fully saturated rings. The summed E-state index contributed by atoms with van der Waals surface area (Å²) in [5.41, 5.74) is 5.60. The van der Waals surface area contributed by atoms with E-state index in [0.29, 0.717) is 18.2 Å². The summed E-state index contributed by atoms with van der Waals surface area (Å²) in [4.78, 5) is 17.5. The van der Waals surface area contributed by atoms with Crippen LogP contribution in [0.25, 0.3) is 0 Å². The number of allylic oxidation sites excluding steroid dienone is 8. The van der Waals surface area contributed by atoms with Crippen LogP contribution in [0, 0.1) is 5.92 Å². The summed E-state index contributed by atoms with van der Waals surface area (Å²) in [7, 11) is 0. The van der Waals surface area contributed by atoms with Gasteiger partial charge >= 0.3 is 0 Å². The highest BCUT2D eigenvalue weighted by atomic mass is 16.2. The Labute approximate surface area is 193 Å². The number of piperazine rings is 1. The van der Waals surface area contributed by atoms with Crippen molar-refractivity contribution in [1.29, 1.82) is 0 Å². The molecular weight excluding hydrogens is 380 g/mol. The van der Waals surface area contributed by atoms with Gasteiger partial charge in [0.2, 0.25) is 5.91 Å². The fourth-order valence-corrected chi connectivity index (χ4v) is 3.99. The summed E-state index contributed by atoms with van der Waals surface area (Å²) in [6.07, 6.45) is 15.3. The maximum Gasteiger partial charge on any atom is 0.223 e. The third kappa shape index (κ3) is 12.7. The molecule has 3 nitrogen and oxygen atoms in total. The monoisotopic (exact) mass is 428 g/mol. The van der Waals surface area contributed by atoms with Gasteiger partial charge in [-0.15, -0.1) is 0 Å². The molecule has 0 radical (unpaired) electrons. The van der Waals surface area contributed by atoms with Crippen LogP contribution in [-0.4, -0.2) is 48.4 Å². The molecule has 1 saturated heterocycles. The topological polar surface area (TPSA) is 23.6 Å². The molecule has 176 valence electrons. The highest BCUT2D eigenvalue weighted by Crippen LogP contribution is 2.21. The van der Waals surface area contributed by atoms with Crippen molar-refractivity contribution in [2.45, 2.75) is 87.0 Å². The van der Waals surface area contributed by atoms with E-state index in [-0.39, 0.29) is 0 Å². The van der Waals surface area contributed by atoms with Gasteiger partial charge in [0, 0.05) is 32.6 Å². The first-order chi connectivity index (χ1) is 14.7. The van der Waals surface area contributed by atoms with Gasteiger partial charge in [-0.2, -0.15) is 0 Å². The van der Waals surface area contributed by atoms with Gasteiger partial charge in [-0.1, -0.05) is 53.5 Å². The predicted octanol–water partition coefficient (Wildman–Crippen LogP) is 6.93. The molecule has 0 bridgehead atoms. The van der Waals surface area contributed by atoms with Crippen molar-refractivity contribution in [3.63, 3.8) is 0 Å². The van der Waals surface area contributed by atoms with E-state index in [1.54, 1.807) is 0 Å². The lowest BCUT2D eigenvalue weighted by atomic mass is 9.94. The smallest absolute Gasteiger partial charge is 0.223 e. The van der Waals surface area contributed by atoms with Crippen LogP contribution in [0.4, 0.5) is 0 Å². The third-order valence-corrected chi connectivity index (χ3v) is 6.08. The van der Waals surface area contributed by atoms with E-state index in [1.165, 1.54) is 22.3 Å². The van der Waals surface area contributed by atoms with Crippen LogP contribution in [-0.2, 0) is 4.79 Å². The first kappa shape index (κ1) is 27.4. The minimum absolute atomic E-state index is 0.293. The third-order valence-electron chi connectivity index (χ3n) is 6.08. The Kier molecular flexibility index (Phi) is 13.5. The lowest BCUT2D eigenvalue weighted by Crippen LogP contribution is -2.48. The number of rotatable bonds is 12. The zero-order valence-electron chi connectivity index (χ0n) is 21.5. The van der Waals surface area contributed by atoms with Gasteiger partial charge in [0.25, 0.3) is 0 Å². The Hall–Kier alpha value is -1.61. The van der Waals surface area contributed by atoms with Crippen LogP contribution in [0.3, 0.4) is 0 Å². The molecule has 0 aromatic heterocycles. The van der Waals surface area contributed by atoms with E-state index in [1.807, 2.05) is 0 Å². The largest absolute Gasteiger partial charge is 0.340 e. The number of amides is 1. The molecule has 0 aliphatic carbocycles. The summed E-state index contributed by atoms with van der Waals surface area (Å²) >= 11 is 0. The van der Waals surface area contributed by atoms with Crippen LogP contribution < -0.4 is 0 Å². The Morgan fingerprint density at radius 2 is 1.35 bits per heavy atom. The molecule has 1 unspecified atom stereocenters. The van der Waals surface area contributed by atoms with E-state index in [4.69, 9.17) is 0 Å². The van der Waals surface area contributed by atoms with Crippen LogP contribution in [0.15, 0.2) is 46.6 Å². The number of hydrogen-bond donors (Lipinski definition) is 0. The summed E-state index contributed by atoms with van der Waals surface area (Å²) in [5.74, 6) is 0.617. The SMILES string of the molecule is CCN1CCN(C(=O)CC(/C=C(\C)CCC=C(C)C)C/C=C(\C)CCC=C(C)C)CC1. The van der Waals surface area contributed by atoms with Gasteiger partial charge in [-0.25, -0.2) is 0 Å². The van der Waals surface area contributed by atoms with Crippen molar-refractivity contribution in [2.75, 3.05) is 32.7 Å². The second kappa shape index (κ2) is 15.2. The molecule has 1 aliphatic heterocycles. The Morgan fingerprint density at radius 3 is 1.87 bits per heavy atom. The highest BCUT2D eigenvalue weighted by Gasteiger charge is 2.22. The fourth-order valence-electron chi connectivity index (χ4n) is 3.99. The molecule has 31 heavy (non-hydrogen) atoms. The molecular formula is C28H48N2O. The lowest BCUT2D eigenvalue weighted by molar-refractivity contribution is -0.133. The molecule has 0 N–H and O–H groups in total. The molecule has 1 atom stereocenters. The Bertz CT molecular complexity index is 652. The van der Waals surface area contributed by atoms with Crippen molar-refractivity contribution >= 4 is 5.91 Å². The number of nitrogens with zero attached hydrogens (tertiary/aromatic N) is 2. The summed E-state index contributed by atoms with van der Waals surface area (Å²) in [6, 6.07) is 0. The highest BCUT2D eigenvalue weighted by molar-refractivity contribution is 5.76. The van der Waals surface area contributed by atoms with Gasteiger partial charge in [0.15, 0.2) is 0 Å². The quantitative estimate of drug-likeness (QED) is 0.315. The molecule has 1 heterocycles. The van der Waals surface area contributed by atoms with Crippen molar-refractivity contribution in [1.82, 2.24) is 9.80 Å². The summed E-state index contributed by atoms with van der Waals surface area (Å²) in [6.45, 7) is 20.1. The minimum atomic E-state index is 0.293. The Balaban J connectivity index is 2.75. The van der Waals surface area contributed by atoms with Crippen LogP contribution in [0.2, 0.25) is 0 Å². The van der Waals surface area contributed by atoms with Crippen molar-refractivity contribution < 1.29 is 4.79 Å². The number of likely N-dealkylation sites (N-methyl/N-ethyl adjacent to an activating group) is 1. The second-order valence-electron chi connectivity index (χ2n) is 9.72. The number of carbonyl (C=O) groups excluding carboxylic acids is 1. The van der Waals surface area contributed by atoms with Crippen molar-refractivity contribution in [3.05, 3.63) is 46.6 Å². The first-order valence-corrected chi connectivity index (χ1v) is 12.3. The molecule has 1 amide bonds. The van der Waals surface area contributed by atoms with Crippen LogP contribution in [0.5, 0.6) is 0 Å². The van der Waals surface area contributed by atoms with E-state index >= 15 is 0 Å². The molecule has 1 rings (SSSR count). The number of hydrogen-bond acceptors (Lipinski definition) is 2.